The highest BCUT2D eigenvalue weighted by Gasteiger charge is 2.29. The van der Waals surface area contributed by atoms with Crippen molar-refractivity contribution in [2.24, 2.45) is 27.4 Å². The molecule has 1 aromatic carbocycles. The second-order valence-corrected chi connectivity index (χ2v) is 7.87. The number of rotatable bonds is 5. The molecule has 1 fully saturated rings. The molecule has 1 saturated carbocycles. The molecule has 0 spiro atoms. The maximum atomic E-state index is 10.5. The van der Waals surface area contributed by atoms with Crippen LogP contribution in [0.3, 0.4) is 0 Å². The van der Waals surface area contributed by atoms with Crippen LogP contribution in [0.15, 0.2) is 44.7 Å². The minimum absolute atomic E-state index is 0.0186. The minimum Gasteiger partial charge on any atom is -0.505 e. The number of benzene rings is 1. The lowest BCUT2D eigenvalue weighted by atomic mass is 9.96. The molecule has 30 heavy (non-hydrogen) atoms. The molecule has 1 heterocycles. The summed E-state index contributed by atoms with van der Waals surface area (Å²) in [6.45, 7) is 1.90. The van der Waals surface area contributed by atoms with Gasteiger partial charge in [0.1, 0.15) is 29.1 Å². The van der Waals surface area contributed by atoms with Gasteiger partial charge in [0.2, 0.25) is 0 Å². The number of nitrogens with two attached hydrogens (primary N) is 2. The van der Waals surface area contributed by atoms with Gasteiger partial charge < -0.3 is 25.9 Å². The Morgan fingerprint density at radius 3 is 2.47 bits per heavy atom. The fourth-order valence-corrected chi connectivity index (χ4v) is 3.74. The van der Waals surface area contributed by atoms with Gasteiger partial charge in [-0.3, -0.25) is 10.4 Å². The summed E-state index contributed by atoms with van der Waals surface area (Å²) in [5.74, 6) is 2.12. The minimum atomic E-state index is -0.211. The van der Waals surface area contributed by atoms with Crippen LogP contribution in [0.2, 0.25) is 0 Å². The van der Waals surface area contributed by atoms with Crippen LogP contribution in [0.1, 0.15) is 48.8 Å². The first-order valence-electron chi connectivity index (χ1n) is 10.1. The van der Waals surface area contributed by atoms with Gasteiger partial charge in [-0.1, -0.05) is 18.9 Å². The molecular weight excluding hydrogens is 380 g/mol. The molecule has 1 atom stereocenters. The lowest BCUT2D eigenvalue weighted by molar-refractivity contribution is 0.363. The molecule has 0 aliphatic heterocycles. The van der Waals surface area contributed by atoms with E-state index in [1.165, 1.54) is 12.8 Å². The fraction of sp³-hybridized carbons (Fsp3) is 0.409. The molecule has 0 amide bonds. The zero-order chi connectivity index (χ0) is 21.8. The Balaban J connectivity index is 1.92. The first-order chi connectivity index (χ1) is 14.3. The predicted octanol–water partition coefficient (Wildman–Crippen LogP) is 3.46. The van der Waals surface area contributed by atoms with Gasteiger partial charge in [0.05, 0.1) is 5.56 Å². The monoisotopic (exact) mass is 410 g/mol. The molecule has 1 aliphatic carbocycles. The summed E-state index contributed by atoms with van der Waals surface area (Å²) in [7, 11) is 3.46. The van der Waals surface area contributed by atoms with Crippen molar-refractivity contribution >= 4 is 23.2 Å². The molecule has 0 saturated heterocycles. The van der Waals surface area contributed by atoms with Crippen molar-refractivity contribution in [3.05, 3.63) is 47.4 Å². The van der Waals surface area contributed by atoms with Crippen LogP contribution < -0.4 is 11.5 Å². The molecule has 0 bridgehead atoms. The largest absolute Gasteiger partial charge is 0.505 e. The van der Waals surface area contributed by atoms with Gasteiger partial charge in [0.25, 0.3) is 0 Å². The second-order valence-electron chi connectivity index (χ2n) is 7.87. The summed E-state index contributed by atoms with van der Waals surface area (Å²) in [6, 6.07) is 8.62. The number of phenolic OH excluding ortho intramolecular Hbond substituents is 1. The molecule has 6 N–H and O–H groups in total. The topological polar surface area (TPSA) is 137 Å². The number of phenols is 1. The molecule has 160 valence electrons. The maximum Gasteiger partial charge on any atom is 0.166 e. The summed E-state index contributed by atoms with van der Waals surface area (Å²) in [5.41, 5.74) is 12.9. The molecule has 1 aliphatic rings. The summed E-state index contributed by atoms with van der Waals surface area (Å²) in [5, 5.41) is 18.6. The lowest BCUT2D eigenvalue weighted by Crippen LogP contribution is -2.32. The zero-order valence-electron chi connectivity index (χ0n) is 17.7. The van der Waals surface area contributed by atoms with E-state index in [-0.39, 0.29) is 35.0 Å². The third kappa shape index (κ3) is 4.64. The van der Waals surface area contributed by atoms with Gasteiger partial charge in [-0.25, -0.2) is 4.99 Å². The van der Waals surface area contributed by atoms with E-state index in [1.807, 2.05) is 19.1 Å². The number of aromatic hydroxyl groups is 1. The van der Waals surface area contributed by atoms with Crippen molar-refractivity contribution in [2.75, 3.05) is 14.1 Å². The Bertz CT molecular complexity index is 970. The van der Waals surface area contributed by atoms with E-state index in [0.29, 0.717) is 11.5 Å². The number of nitrogens with zero attached hydrogens (tertiary/aromatic N) is 3. The normalized spacial score (nSPS) is 16.6. The first kappa shape index (κ1) is 21.4. The van der Waals surface area contributed by atoms with Crippen LogP contribution in [0.4, 0.5) is 5.69 Å². The number of hydrogen-bond donors (Lipinski definition) is 4. The van der Waals surface area contributed by atoms with E-state index >= 15 is 0 Å². The summed E-state index contributed by atoms with van der Waals surface area (Å²) < 4.78 is 5.83. The van der Waals surface area contributed by atoms with Gasteiger partial charge in [0, 0.05) is 14.1 Å². The van der Waals surface area contributed by atoms with Crippen LogP contribution in [0.25, 0.3) is 0 Å². The van der Waals surface area contributed by atoms with Gasteiger partial charge in [0.15, 0.2) is 17.4 Å². The Hall–Kier alpha value is -3.29. The standard InChI is InChI=1S/C22H30N6O2/c1-13-11-12-17(30-13)18(14-7-4-5-8-14)27-21(24)20(23)26-16-10-6-9-15(19(16)29)22(25)28(2)3/h6,9-12,14,18,25,29H,4-5,7-8H2,1-3H3,(H2,23,26)(H2,24,27). The zero-order valence-corrected chi connectivity index (χ0v) is 17.7. The molecule has 2 aromatic rings. The smallest absolute Gasteiger partial charge is 0.166 e. The Labute approximate surface area is 176 Å². The SMILES string of the molecule is Cc1ccc(C(N=C(N)C(N)=Nc2cccc(C(=N)N(C)C)c2O)C2CCCC2)o1. The average molecular weight is 411 g/mol. The van der Waals surface area contributed by atoms with Gasteiger partial charge >= 0.3 is 0 Å². The summed E-state index contributed by atoms with van der Waals surface area (Å²) in [6.07, 6.45) is 4.46. The van der Waals surface area contributed by atoms with Crippen LogP contribution in [0.5, 0.6) is 5.75 Å². The van der Waals surface area contributed by atoms with Crippen LogP contribution in [0, 0.1) is 18.3 Å². The Morgan fingerprint density at radius 2 is 1.87 bits per heavy atom. The van der Waals surface area contributed by atoms with Crippen molar-refractivity contribution in [1.82, 2.24) is 4.90 Å². The lowest BCUT2D eigenvalue weighted by Gasteiger charge is -2.18. The predicted molar refractivity (Wildman–Crippen MR) is 120 cm³/mol. The first-order valence-corrected chi connectivity index (χ1v) is 10.1. The number of amidine groups is 3. The molecule has 1 unspecified atom stereocenters. The van der Waals surface area contributed by atoms with E-state index < -0.39 is 0 Å². The van der Waals surface area contributed by atoms with Crippen LogP contribution in [-0.2, 0) is 0 Å². The van der Waals surface area contributed by atoms with E-state index in [4.69, 9.17) is 21.3 Å². The number of nitrogens with one attached hydrogen (secondary N) is 1. The van der Waals surface area contributed by atoms with Crippen molar-refractivity contribution in [3.63, 3.8) is 0 Å². The highest BCUT2D eigenvalue weighted by Crippen LogP contribution is 2.39. The third-order valence-electron chi connectivity index (χ3n) is 5.40. The average Bonchev–Trinajstić information content (AvgIpc) is 3.39. The third-order valence-corrected chi connectivity index (χ3v) is 5.40. The van der Waals surface area contributed by atoms with Gasteiger partial charge in [-0.2, -0.15) is 0 Å². The molecule has 0 radical (unpaired) electrons. The second kappa shape index (κ2) is 9.02. The van der Waals surface area contributed by atoms with Crippen molar-refractivity contribution in [2.45, 2.75) is 38.6 Å². The Morgan fingerprint density at radius 1 is 1.17 bits per heavy atom. The quantitative estimate of drug-likeness (QED) is 0.442. The van der Waals surface area contributed by atoms with Crippen LogP contribution >= 0.6 is 0 Å². The van der Waals surface area contributed by atoms with Crippen molar-refractivity contribution in [3.8, 4) is 5.75 Å². The molecule has 1 aromatic heterocycles. The van der Waals surface area contributed by atoms with E-state index in [1.54, 1.807) is 37.2 Å². The van der Waals surface area contributed by atoms with E-state index in [9.17, 15) is 5.11 Å². The summed E-state index contributed by atoms with van der Waals surface area (Å²) >= 11 is 0. The molecule has 3 rings (SSSR count). The van der Waals surface area contributed by atoms with E-state index in [0.717, 1.165) is 24.4 Å². The molecule has 8 nitrogen and oxygen atoms in total. The van der Waals surface area contributed by atoms with Gasteiger partial charge in [-0.05, 0) is 49.9 Å². The van der Waals surface area contributed by atoms with Crippen molar-refractivity contribution < 1.29 is 9.52 Å². The van der Waals surface area contributed by atoms with Crippen molar-refractivity contribution in [1.29, 1.82) is 5.41 Å². The fourth-order valence-electron chi connectivity index (χ4n) is 3.74. The highest BCUT2D eigenvalue weighted by molar-refractivity contribution is 6.39. The number of aliphatic imine (C=N–C) groups is 2. The maximum absolute atomic E-state index is 10.5. The number of furan rings is 1. The molecule has 8 heteroatoms. The number of para-hydroxylation sites is 1. The van der Waals surface area contributed by atoms with Gasteiger partial charge in [-0.15, -0.1) is 0 Å². The number of hydrogen-bond acceptors (Lipinski definition) is 5. The highest BCUT2D eigenvalue weighted by atomic mass is 16.3. The van der Waals surface area contributed by atoms with E-state index in [2.05, 4.69) is 9.98 Å². The molecular formula is C22H30N6O2. The summed E-state index contributed by atoms with van der Waals surface area (Å²) in [4.78, 5) is 10.5. The number of aryl methyl sites for hydroxylation is 1. The Kier molecular flexibility index (Phi) is 6.44. The van der Waals surface area contributed by atoms with Crippen LogP contribution in [-0.4, -0.2) is 41.6 Å².